The maximum Gasteiger partial charge on any atom is 0.233 e. The summed E-state index contributed by atoms with van der Waals surface area (Å²) in [6.45, 7) is 3.79. The fourth-order valence-electron chi connectivity index (χ4n) is 3.38. The molecule has 0 N–H and O–H groups in total. The molecule has 0 spiro atoms. The van der Waals surface area contributed by atoms with Gasteiger partial charge in [-0.3, -0.25) is 4.79 Å². The molecule has 0 saturated carbocycles. The van der Waals surface area contributed by atoms with Crippen molar-refractivity contribution < 1.29 is 9.53 Å². The van der Waals surface area contributed by atoms with Crippen LogP contribution in [0.3, 0.4) is 0 Å². The van der Waals surface area contributed by atoms with Gasteiger partial charge in [0.1, 0.15) is 0 Å². The molecule has 1 fully saturated rings. The largest absolute Gasteiger partial charge is 0.379 e. The molecule has 0 unspecified atom stereocenters. The van der Waals surface area contributed by atoms with Gasteiger partial charge in [0.25, 0.3) is 0 Å². The lowest BCUT2D eigenvalue weighted by atomic mass is 10.1. The number of thioether (sulfide) groups is 1. The van der Waals surface area contributed by atoms with Gasteiger partial charge in [0, 0.05) is 54.6 Å². The highest BCUT2D eigenvalue weighted by molar-refractivity contribution is 8.00. The third kappa shape index (κ3) is 4.57. The minimum absolute atomic E-state index is 0.201. The topological polar surface area (TPSA) is 37.7 Å². The summed E-state index contributed by atoms with van der Waals surface area (Å²) in [5.74, 6) is 1.05. The van der Waals surface area contributed by atoms with Gasteiger partial charge in [-0.2, -0.15) is 0 Å². The molecule has 0 radical (unpaired) electrons. The van der Waals surface area contributed by atoms with Gasteiger partial charge < -0.3 is 19.1 Å². The maximum absolute atomic E-state index is 12.7. The standard InChI is InChI=1S/C19H27N3O2S/c1-20(2)10-15-11-22(8-9-24-13-15)19(23)14-25-18-12-21(3)17-7-5-4-6-16(17)18/h4-7,12,15H,8-11,13-14H2,1-3H3/t15-/m0/s1. The van der Waals surface area contributed by atoms with Gasteiger partial charge in [-0.15, -0.1) is 11.8 Å². The Balaban J connectivity index is 1.63. The fourth-order valence-corrected chi connectivity index (χ4v) is 4.41. The number of hydrogen-bond acceptors (Lipinski definition) is 4. The van der Waals surface area contributed by atoms with Crippen molar-refractivity contribution in [3.8, 4) is 0 Å². The molecule has 2 heterocycles. The number of aromatic nitrogens is 1. The molecule has 1 aromatic heterocycles. The number of amides is 1. The molecule has 1 saturated heterocycles. The van der Waals surface area contributed by atoms with E-state index in [0.717, 1.165) is 19.7 Å². The molecule has 1 atom stereocenters. The molecule has 1 aliphatic heterocycles. The molecule has 25 heavy (non-hydrogen) atoms. The molecule has 6 heteroatoms. The van der Waals surface area contributed by atoms with Crippen molar-refractivity contribution in [2.24, 2.45) is 13.0 Å². The highest BCUT2D eigenvalue weighted by atomic mass is 32.2. The fraction of sp³-hybridized carbons (Fsp3) is 0.526. The number of ether oxygens (including phenoxy) is 1. The van der Waals surface area contributed by atoms with E-state index in [2.05, 4.69) is 41.9 Å². The van der Waals surface area contributed by atoms with Crippen molar-refractivity contribution in [2.75, 3.05) is 52.7 Å². The van der Waals surface area contributed by atoms with Crippen LogP contribution in [-0.2, 0) is 16.6 Å². The van der Waals surface area contributed by atoms with Crippen molar-refractivity contribution >= 4 is 28.6 Å². The molecule has 0 bridgehead atoms. The van der Waals surface area contributed by atoms with E-state index in [0.29, 0.717) is 24.8 Å². The van der Waals surface area contributed by atoms with Crippen LogP contribution in [-0.4, -0.2) is 73.0 Å². The first-order chi connectivity index (χ1) is 12.0. The molecule has 1 amide bonds. The number of aryl methyl sites for hydroxylation is 1. The number of carbonyl (C=O) groups excluding carboxylic acids is 1. The Morgan fingerprint density at radius 2 is 2.16 bits per heavy atom. The van der Waals surface area contributed by atoms with Crippen LogP contribution in [0.4, 0.5) is 0 Å². The van der Waals surface area contributed by atoms with E-state index in [1.807, 2.05) is 24.1 Å². The Morgan fingerprint density at radius 3 is 2.96 bits per heavy atom. The summed E-state index contributed by atoms with van der Waals surface area (Å²) in [6.07, 6.45) is 2.11. The molecule has 1 aliphatic rings. The van der Waals surface area contributed by atoms with Crippen molar-refractivity contribution in [1.82, 2.24) is 14.4 Å². The summed E-state index contributed by atoms with van der Waals surface area (Å²) >= 11 is 1.63. The van der Waals surface area contributed by atoms with Gasteiger partial charge in [-0.05, 0) is 20.2 Å². The van der Waals surface area contributed by atoms with E-state index >= 15 is 0 Å². The molecular weight excluding hydrogens is 334 g/mol. The summed E-state index contributed by atoms with van der Waals surface area (Å²) in [5.41, 5.74) is 1.20. The van der Waals surface area contributed by atoms with Gasteiger partial charge in [-0.25, -0.2) is 0 Å². The lowest BCUT2D eigenvalue weighted by Gasteiger charge is -2.25. The zero-order valence-electron chi connectivity index (χ0n) is 15.3. The SMILES string of the molecule is CN(C)C[C@@H]1COCCN(C(=O)CSc2cn(C)c3ccccc23)C1. The number of fused-ring (bicyclic) bond motifs is 1. The first-order valence-corrected chi connectivity index (χ1v) is 9.70. The molecule has 3 rings (SSSR count). The number of hydrogen-bond donors (Lipinski definition) is 0. The summed E-state index contributed by atoms with van der Waals surface area (Å²) in [6, 6.07) is 8.32. The third-order valence-electron chi connectivity index (χ3n) is 4.53. The highest BCUT2D eigenvalue weighted by Gasteiger charge is 2.23. The molecule has 136 valence electrons. The van der Waals surface area contributed by atoms with Crippen molar-refractivity contribution in [3.05, 3.63) is 30.5 Å². The second-order valence-electron chi connectivity index (χ2n) is 6.95. The molecule has 1 aromatic carbocycles. The molecular formula is C19H27N3O2S. The van der Waals surface area contributed by atoms with Gasteiger partial charge in [0.15, 0.2) is 0 Å². The van der Waals surface area contributed by atoms with E-state index in [1.54, 1.807) is 11.8 Å². The van der Waals surface area contributed by atoms with Crippen molar-refractivity contribution in [2.45, 2.75) is 4.90 Å². The van der Waals surface area contributed by atoms with Crippen LogP contribution in [0.25, 0.3) is 10.9 Å². The van der Waals surface area contributed by atoms with Crippen LogP contribution in [0, 0.1) is 5.92 Å². The van der Waals surface area contributed by atoms with E-state index in [1.165, 1.54) is 15.8 Å². The van der Waals surface area contributed by atoms with Crippen LogP contribution < -0.4 is 0 Å². The maximum atomic E-state index is 12.7. The lowest BCUT2D eigenvalue weighted by Crippen LogP contribution is -2.39. The number of carbonyl (C=O) groups is 1. The zero-order valence-corrected chi connectivity index (χ0v) is 16.1. The van der Waals surface area contributed by atoms with Crippen LogP contribution in [0.1, 0.15) is 0 Å². The van der Waals surface area contributed by atoms with Crippen LogP contribution in [0.5, 0.6) is 0 Å². The Labute approximate surface area is 153 Å². The normalized spacial score (nSPS) is 18.7. The monoisotopic (exact) mass is 361 g/mol. The van der Waals surface area contributed by atoms with Crippen LogP contribution >= 0.6 is 11.8 Å². The second kappa shape index (κ2) is 8.25. The van der Waals surface area contributed by atoms with Crippen LogP contribution in [0.2, 0.25) is 0 Å². The predicted molar refractivity (Wildman–Crippen MR) is 103 cm³/mol. The summed E-state index contributed by atoms with van der Waals surface area (Å²) < 4.78 is 7.80. The van der Waals surface area contributed by atoms with Crippen LogP contribution in [0.15, 0.2) is 35.4 Å². The quantitative estimate of drug-likeness (QED) is 0.766. The van der Waals surface area contributed by atoms with Gasteiger partial charge >= 0.3 is 0 Å². The average molecular weight is 362 g/mol. The Hall–Kier alpha value is -1.50. The van der Waals surface area contributed by atoms with E-state index in [9.17, 15) is 4.79 Å². The molecule has 5 nitrogen and oxygen atoms in total. The average Bonchev–Trinajstić information content (AvgIpc) is 2.75. The smallest absolute Gasteiger partial charge is 0.233 e. The van der Waals surface area contributed by atoms with Crippen molar-refractivity contribution in [3.63, 3.8) is 0 Å². The molecule has 0 aliphatic carbocycles. The third-order valence-corrected chi connectivity index (χ3v) is 5.55. The molecule has 2 aromatic rings. The number of rotatable bonds is 5. The Kier molecular flexibility index (Phi) is 6.04. The van der Waals surface area contributed by atoms with E-state index < -0.39 is 0 Å². The van der Waals surface area contributed by atoms with Gasteiger partial charge in [0.2, 0.25) is 5.91 Å². The van der Waals surface area contributed by atoms with Gasteiger partial charge in [-0.1, -0.05) is 18.2 Å². The predicted octanol–water partition coefficient (Wildman–Crippen LogP) is 2.31. The highest BCUT2D eigenvalue weighted by Crippen LogP contribution is 2.29. The van der Waals surface area contributed by atoms with Gasteiger partial charge in [0.05, 0.1) is 19.0 Å². The lowest BCUT2D eigenvalue weighted by molar-refractivity contribution is -0.128. The second-order valence-corrected chi connectivity index (χ2v) is 7.97. The number of para-hydroxylation sites is 1. The first-order valence-electron chi connectivity index (χ1n) is 8.71. The Bertz CT molecular complexity index is 729. The first kappa shape index (κ1) is 18.3. The minimum atomic E-state index is 0.201. The minimum Gasteiger partial charge on any atom is -0.379 e. The Morgan fingerprint density at radius 1 is 1.36 bits per heavy atom. The summed E-state index contributed by atoms with van der Waals surface area (Å²) in [4.78, 5) is 18.0. The number of benzene rings is 1. The zero-order chi connectivity index (χ0) is 17.8. The van der Waals surface area contributed by atoms with E-state index in [-0.39, 0.29) is 5.91 Å². The summed E-state index contributed by atoms with van der Waals surface area (Å²) in [7, 11) is 6.17. The van der Waals surface area contributed by atoms with Crippen molar-refractivity contribution in [1.29, 1.82) is 0 Å². The van der Waals surface area contributed by atoms with E-state index in [4.69, 9.17) is 4.74 Å². The summed E-state index contributed by atoms with van der Waals surface area (Å²) in [5, 5.41) is 1.22. The number of nitrogens with zero attached hydrogens (tertiary/aromatic N) is 3.